The van der Waals surface area contributed by atoms with Gasteiger partial charge in [0.15, 0.2) is 0 Å². The topological polar surface area (TPSA) is 32.8 Å². The minimum atomic E-state index is -0.354. The standard InChI is InChI=1S/C19H22N2O2/c1-4-23-19(22)15-18(20(2)16-11-7-5-8-12-16)21(3)17-13-9-6-10-14-17/h5-15H,4H2,1-3H3. The van der Waals surface area contributed by atoms with Crippen LogP contribution in [0.4, 0.5) is 11.4 Å². The van der Waals surface area contributed by atoms with E-state index in [0.29, 0.717) is 6.61 Å². The molecular weight excluding hydrogens is 288 g/mol. The van der Waals surface area contributed by atoms with Crippen molar-refractivity contribution in [3.63, 3.8) is 0 Å². The highest BCUT2D eigenvalue weighted by molar-refractivity contribution is 5.85. The van der Waals surface area contributed by atoms with Crippen molar-refractivity contribution in [3.05, 3.63) is 72.6 Å². The number of carbonyl (C=O) groups excluding carboxylic acids is 1. The molecule has 0 aliphatic rings. The van der Waals surface area contributed by atoms with Gasteiger partial charge in [-0.3, -0.25) is 0 Å². The SMILES string of the molecule is CCOC(=O)C=C(N(C)c1ccccc1)N(C)c1ccccc1. The molecule has 0 spiro atoms. The summed E-state index contributed by atoms with van der Waals surface area (Å²) < 4.78 is 5.08. The number of carbonyl (C=O) groups is 1. The lowest BCUT2D eigenvalue weighted by Gasteiger charge is -2.31. The molecule has 4 nitrogen and oxygen atoms in total. The summed E-state index contributed by atoms with van der Waals surface area (Å²) in [7, 11) is 3.86. The van der Waals surface area contributed by atoms with Crippen LogP contribution in [0.2, 0.25) is 0 Å². The van der Waals surface area contributed by atoms with E-state index in [0.717, 1.165) is 17.2 Å². The lowest BCUT2D eigenvalue weighted by Crippen LogP contribution is -2.31. The van der Waals surface area contributed by atoms with Gasteiger partial charge in [0.2, 0.25) is 0 Å². The second kappa shape index (κ2) is 8.03. The van der Waals surface area contributed by atoms with E-state index < -0.39 is 0 Å². The van der Waals surface area contributed by atoms with Crippen molar-refractivity contribution in [2.45, 2.75) is 6.92 Å². The second-order valence-electron chi connectivity index (χ2n) is 5.04. The maximum Gasteiger partial charge on any atom is 0.334 e. The normalized spacial score (nSPS) is 9.87. The van der Waals surface area contributed by atoms with Crippen LogP contribution in [-0.2, 0) is 9.53 Å². The third-order valence-corrected chi connectivity index (χ3v) is 3.51. The Morgan fingerprint density at radius 3 is 1.74 bits per heavy atom. The number of esters is 1. The van der Waals surface area contributed by atoms with E-state index in [4.69, 9.17) is 4.74 Å². The first-order chi connectivity index (χ1) is 11.1. The molecule has 0 aromatic heterocycles. The van der Waals surface area contributed by atoms with Crippen LogP contribution in [-0.4, -0.2) is 26.7 Å². The summed E-state index contributed by atoms with van der Waals surface area (Å²) in [6.07, 6.45) is 1.52. The van der Waals surface area contributed by atoms with E-state index in [2.05, 4.69) is 0 Å². The highest BCUT2D eigenvalue weighted by atomic mass is 16.5. The van der Waals surface area contributed by atoms with E-state index in [9.17, 15) is 4.79 Å². The molecule has 0 amide bonds. The molecule has 0 bridgehead atoms. The molecule has 4 heteroatoms. The van der Waals surface area contributed by atoms with Gasteiger partial charge in [-0.2, -0.15) is 0 Å². The van der Waals surface area contributed by atoms with Crippen LogP contribution in [0.1, 0.15) is 6.92 Å². The maximum absolute atomic E-state index is 12.0. The number of ether oxygens (including phenoxy) is 1. The maximum atomic E-state index is 12.0. The largest absolute Gasteiger partial charge is 0.463 e. The summed E-state index contributed by atoms with van der Waals surface area (Å²) in [6.45, 7) is 2.15. The van der Waals surface area contributed by atoms with E-state index in [1.165, 1.54) is 6.08 Å². The van der Waals surface area contributed by atoms with Crippen LogP contribution >= 0.6 is 0 Å². The molecule has 0 N–H and O–H groups in total. The first kappa shape index (κ1) is 16.6. The monoisotopic (exact) mass is 310 g/mol. The molecule has 23 heavy (non-hydrogen) atoms. The summed E-state index contributed by atoms with van der Waals surface area (Å²) in [5.74, 6) is 0.383. The van der Waals surface area contributed by atoms with Crippen molar-refractivity contribution in [1.29, 1.82) is 0 Å². The summed E-state index contributed by atoms with van der Waals surface area (Å²) in [4.78, 5) is 15.9. The lowest BCUT2D eigenvalue weighted by molar-refractivity contribution is -0.137. The van der Waals surface area contributed by atoms with Gasteiger partial charge < -0.3 is 14.5 Å². The summed E-state index contributed by atoms with van der Waals surface area (Å²) in [5, 5.41) is 0. The zero-order chi connectivity index (χ0) is 16.7. The Morgan fingerprint density at radius 2 is 1.35 bits per heavy atom. The Kier molecular flexibility index (Phi) is 5.80. The third kappa shape index (κ3) is 4.36. The number of anilines is 2. The van der Waals surface area contributed by atoms with Gasteiger partial charge in [0, 0.05) is 25.5 Å². The molecule has 0 fully saturated rings. The highest BCUT2D eigenvalue weighted by Crippen LogP contribution is 2.23. The second-order valence-corrected chi connectivity index (χ2v) is 5.04. The molecule has 2 aromatic carbocycles. The minimum absolute atomic E-state index is 0.354. The number of para-hydroxylation sites is 2. The molecule has 0 atom stereocenters. The van der Waals surface area contributed by atoms with Gasteiger partial charge >= 0.3 is 5.97 Å². The van der Waals surface area contributed by atoms with Crippen LogP contribution < -0.4 is 9.80 Å². The molecule has 120 valence electrons. The lowest BCUT2D eigenvalue weighted by atomic mass is 10.2. The molecule has 0 saturated carbocycles. The average Bonchev–Trinajstić information content (AvgIpc) is 2.60. The van der Waals surface area contributed by atoms with Gasteiger partial charge in [-0.1, -0.05) is 36.4 Å². The molecule has 2 rings (SSSR count). The number of rotatable bonds is 6. The smallest absolute Gasteiger partial charge is 0.334 e. The van der Waals surface area contributed by atoms with Crippen LogP contribution in [0.3, 0.4) is 0 Å². The summed E-state index contributed by atoms with van der Waals surface area (Å²) in [5.41, 5.74) is 1.98. The Bertz CT molecular complexity index is 606. The fourth-order valence-corrected chi connectivity index (χ4v) is 2.28. The van der Waals surface area contributed by atoms with Gasteiger partial charge in [0.25, 0.3) is 0 Å². The van der Waals surface area contributed by atoms with Crippen molar-refractivity contribution >= 4 is 17.3 Å². The molecule has 0 heterocycles. The molecule has 0 radical (unpaired) electrons. The number of benzene rings is 2. The molecule has 0 saturated heterocycles. The minimum Gasteiger partial charge on any atom is -0.463 e. The Labute approximate surface area is 137 Å². The van der Waals surface area contributed by atoms with E-state index >= 15 is 0 Å². The fraction of sp³-hybridized carbons (Fsp3) is 0.211. The van der Waals surface area contributed by atoms with E-state index in [1.54, 1.807) is 6.92 Å². The van der Waals surface area contributed by atoms with Crippen LogP contribution in [0.5, 0.6) is 0 Å². The zero-order valence-electron chi connectivity index (χ0n) is 13.8. The van der Waals surface area contributed by atoms with Gasteiger partial charge in [0.1, 0.15) is 5.82 Å². The van der Waals surface area contributed by atoms with Gasteiger partial charge in [0.05, 0.1) is 12.7 Å². The van der Waals surface area contributed by atoms with Crippen molar-refractivity contribution in [2.24, 2.45) is 0 Å². The van der Waals surface area contributed by atoms with Crippen molar-refractivity contribution in [2.75, 3.05) is 30.5 Å². The van der Waals surface area contributed by atoms with E-state index in [-0.39, 0.29) is 5.97 Å². The molecule has 0 aliphatic heterocycles. The summed E-state index contributed by atoms with van der Waals surface area (Å²) >= 11 is 0. The first-order valence-corrected chi connectivity index (χ1v) is 7.59. The van der Waals surface area contributed by atoms with E-state index in [1.807, 2.05) is 84.6 Å². The Balaban J connectivity index is 2.37. The zero-order valence-corrected chi connectivity index (χ0v) is 13.8. The number of hydrogen-bond acceptors (Lipinski definition) is 4. The van der Waals surface area contributed by atoms with Crippen molar-refractivity contribution in [3.8, 4) is 0 Å². The van der Waals surface area contributed by atoms with Gasteiger partial charge in [-0.05, 0) is 31.2 Å². The van der Waals surface area contributed by atoms with Gasteiger partial charge in [-0.15, -0.1) is 0 Å². The quantitative estimate of drug-likeness (QED) is 0.602. The average molecular weight is 310 g/mol. The van der Waals surface area contributed by atoms with Crippen LogP contribution in [0.15, 0.2) is 72.6 Å². The highest BCUT2D eigenvalue weighted by Gasteiger charge is 2.15. The van der Waals surface area contributed by atoms with Crippen LogP contribution in [0, 0.1) is 0 Å². The summed E-state index contributed by atoms with van der Waals surface area (Å²) in [6, 6.07) is 19.8. The molecule has 0 unspecified atom stereocenters. The predicted octanol–water partition coefficient (Wildman–Crippen LogP) is 3.66. The third-order valence-electron chi connectivity index (χ3n) is 3.51. The fourth-order valence-electron chi connectivity index (χ4n) is 2.28. The van der Waals surface area contributed by atoms with Crippen molar-refractivity contribution < 1.29 is 9.53 Å². The predicted molar refractivity (Wildman–Crippen MR) is 94.4 cm³/mol. The Morgan fingerprint density at radius 1 is 0.913 bits per heavy atom. The number of nitrogens with zero attached hydrogens (tertiary/aromatic N) is 2. The van der Waals surface area contributed by atoms with Crippen molar-refractivity contribution in [1.82, 2.24) is 0 Å². The number of hydrogen-bond donors (Lipinski definition) is 0. The first-order valence-electron chi connectivity index (χ1n) is 7.59. The molecular formula is C19H22N2O2. The van der Waals surface area contributed by atoms with Gasteiger partial charge in [-0.25, -0.2) is 4.79 Å². The molecule has 0 aliphatic carbocycles. The van der Waals surface area contributed by atoms with Crippen LogP contribution in [0.25, 0.3) is 0 Å². The Hall–Kier alpha value is -2.75. The molecule has 2 aromatic rings.